The number of aromatic nitrogens is 1. The van der Waals surface area contributed by atoms with Crippen LogP contribution in [0, 0.1) is 3.57 Å². The number of thiazole rings is 1. The molecule has 2 aromatic carbocycles. The lowest BCUT2D eigenvalue weighted by atomic mass is 9.95. The van der Waals surface area contributed by atoms with Crippen molar-refractivity contribution in [3.63, 3.8) is 0 Å². The number of hydrogen-bond acceptors (Lipinski definition) is 7. The molecule has 7 nitrogen and oxygen atoms in total. The lowest BCUT2D eigenvalue weighted by Gasteiger charge is -2.25. The topological polar surface area (TPSA) is 79.1 Å². The highest BCUT2D eigenvalue weighted by Gasteiger charge is 2.33. The zero-order valence-corrected chi connectivity index (χ0v) is 24.9. The van der Waals surface area contributed by atoms with E-state index >= 15 is 0 Å². The van der Waals surface area contributed by atoms with Gasteiger partial charge in [0.1, 0.15) is 0 Å². The Kier molecular flexibility index (Phi) is 9.43. The van der Waals surface area contributed by atoms with Gasteiger partial charge in [-0.15, -0.1) is 0 Å². The summed E-state index contributed by atoms with van der Waals surface area (Å²) < 4.78 is 20.1. The minimum Gasteiger partial charge on any atom is -0.490 e. The molecule has 0 spiro atoms. The molecular weight excluding hydrogens is 615 g/mol. The molecule has 9 heteroatoms. The maximum atomic E-state index is 13.8. The Hall–Kier alpha value is -2.92. The van der Waals surface area contributed by atoms with Crippen LogP contribution in [0.5, 0.6) is 11.5 Å². The number of esters is 1. The highest BCUT2D eigenvalue weighted by Crippen LogP contribution is 2.35. The van der Waals surface area contributed by atoms with E-state index in [2.05, 4.69) is 29.5 Å². The lowest BCUT2D eigenvalue weighted by molar-refractivity contribution is -0.136. The fourth-order valence-electron chi connectivity index (χ4n) is 4.36. The number of rotatable bonds is 10. The van der Waals surface area contributed by atoms with Gasteiger partial charge in [0.2, 0.25) is 0 Å². The van der Waals surface area contributed by atoms with Gasteiger partial charge in [-0.1, -0.05) is 61.9 Å². The normalized spacial score (nSPS) is 15.2. The van der Waals surface area contributed by atoms with Gasteiger partial charge >= 0.3 is 5.97 Å². The van der Waals surface area contributed by atoms with Crippen molar-refractivity contribution < 1.29 is 19.0 Å². The summed E-state index contributed by atoms with van der Waals surface area (Å²) in [5, 5.41) is 0. The number of carbonyl (C=O) groups is 1. The minimum absolute atomic E-state index is 0.213. The summed E-state index contributed by atoms with van der Waals surface area (Å²) in [4.78, 5) is 32.0. The summed E-state index contributed by atoms with van der Waals surface area (Å²) in [6.45, 7) is 7.11. The molecule has 1 aromatic heterocycles. The lowest BCUT2D eigenvalue weighted by Crippen LogP contribution is -2.40. The van der Waals surface area contributed by atoms with E-state index in [-0.39, 0.29) is 5.56 Å². The average Bonchev–Trinajstić information content (AvgIpc) is 3.23. The first-order valence-electron chi connectivity index (χ1n) is 12.7. The predicted octanol–water partition coefficient (Wildman–Crippen LogP) is 4.98. The number of allylic oxidation sites excluding steroid dienone is 1. The molecule has 1 atom stereocenters. The van der Waals surface area contributed by atoms with Crippen molar-refractivity contribution >= 4 is 46.0 Å². The van der Waals surface area contributed by atoms with E-state index in [0.29, 0.717) is 46.0 Å². The van der Waals surface area contributed by atoms with Crippen molar-refractivity contribution in [2.75, 3.05) is 20.3 Å². The van der Waals surface area contributed by atoms with Crippen molar-refractivity contribution in [1.82, 2.24) is 4.57 Å². The second-order valence-corrected chi connectivity index (χ2v) is 10.8. The molecule has 4 rings (SSSR count). The van der Waals surface area contributed by atoms with Crippen LogP contribution in [0.15, 0.2) is 63.5 Å². The largest absolute Gasteiger partial charge is 0.490 e. The number of halogens is 1. The van der Waals surface area contributed by atoms with Gasteiger partial charge in [-0.25, -0.2) is 9.79 Å². The summed E-state index contributed by atoms with van der Waals surface area (Å²) in [6, 6.07) is 12.8. The summed E-state index contributed by atoms with van der Waals surface area (Å²) in [7, 11) is 1.35. The highest BCUT2D eigenvalue weighted by molar-refractivity contribution is 14.1. The summed E-state index contributed by atoms with van der Waals surface area (Å²) >= 11 is 3.55. The Morgan fingerprint density at radius 3 is 2.58 bits per heavy atom. The van der Waals surface area contributed by atoms with E-state index in [1.165, 1.54) is 18.4 Å². The van der Waals surface area contributed by atoms with Crippen molar-refractivity contribution in [1.29, 1.82) is 0 Å². The molecular formula is C29H31IN2O5S. The molecule has 0 aliphatic carbocycles. The Bertz CT molecular complexity index is 1520. The molecule has 1 aliphatic heterocycles. The number of benzene rings is 2. The zero-order chi connectivity index (χ0) is 27.2. The SMILES string of the molecule is CCCCOc1c(I)cc(/C=c2/sc3n(c2=O)[C@@H](c2ccccc2)C(C(=O)OC)=C(CC)N=3)cc1OCC. The number of fused-ring (bicyclic) bond motifs is 1. The smallest absolute Gasteiger partial charge is 0.338 e. The quantitative estimate of drug-likeness (QED) is 0.177. The first kappa shape index (κ1) is 28.1. The second-order valence-electron chi connectivity index (χ2n) is 8.66. The molecule has 0 saturated carbocycles. The predicted molar refractivity (Wildman–Crippen MR) is 158 cm³/mol. The molecule has 0 bridgehead atoms. The van der Waals surface area contributed by atoms with Gasteiger partial charge < -0.3 is 14.2 Å². The fourth-order valence-corrected chi connectivity index (χ4v) is 6.16. The number of carbonyl (C=O) groups excluding carboxylic acids is 1. The molecule has 0 amide bonds. The summed E-state index contributed by atoms with van der Waals surface area (Å²) in [6.07, 6.45) is 4.38. The van der Waals surface area contributed by atoms with E-state index in [1.54, 1.807) is 4.57 Å². The Labute approximate surface area is 239 Å². The van der Waals surface area contributed by atoms with Crippen molar-refractivity contribution in [3.05, 3.63) is 88.1 Å². The molecule has 0 saturated heterocycles. The number of methoxy groups -OCH3 is 1. The van der Waals surface area contributed by atoms with Crippen LogP contribution in [0.25, 0.3) is 6.08 Å². The maximum absolute atomic E-state index is 13.8. The molecule has 200 valence electrons. The Morgan fingerprint density at radius 2 is 1.92 bits per heavy atom. The minimum atomic E-state index is -0.620. The van der Waals surface area contributed by atoms with Crippen molar-refractivity contribution in [2.24, 2.45) is 4.99 Å². The molecule has 0 fully saturated rings. The van der Waals surface area contributed by atoms with Crippen LogP contribution in [0.4, 0.5) is 0 Å². The second kappa shape index (κ2) is 12.8. The van der Waals surface area contributed by atoms with Gasteiger partial charge in [0.15, 0.2) is 16.3 Å². The third-order valence-corrected chi connectivity index (χ3v) is 7.92. The van der Waals surface area contributed by atoms with Crippen molar-refractivity contribution in [2.45, 2.75) is 46.1 Å². The van der Waals surface area contributed by atoms with Crippen LogP contribution in [-0.4, -0.2) is 30.9 Å². The van der Waals surface area contributed by atoms with Crippen LogP contribution in [0.3, 0.4) is 0 Å². The third-order valence-electron chi connectivity index (χ3n) is 6.14. The average molecular weight is 647 g/mol. The standard InChI is InChI=1S/C29H31IN2O5S/c1-5-8-14-37-26-20(30)15-18(16-22(26)36-7-3)17-23-27(33)32-25(19-12-10-9-11-13-19)24(28(34)35-4)21(6-2)31-29(32)38-23/h9-13,15-17,25H,5-8,14H2,1-4H3/b23-17+/t25-/m0/s1. The number of unbranched alkanes of at least 4 members (excludes halogenated alkanes) is 1. The van der Waals surface area contributed by atoms with Gasteiger partial charge in [-0.05, 0) is 71.7 Å². The number of ether oxygens (including phenoxy) is 3. The molecule has 38 heavy (non-hydrogen) atoms. The first-order valence-corrected chi connectivity index (χ1v) is 14.6. The van der Waals surface area contributed by atoms with Gasteiger partial charge in [0, 0.05) is 0 Å². The molecule has 0 unspecified atom stereocenters. The van der Waals surface area contributed by atoms with E-state index in [0.717, 1.165) is 33.3 Å². The number of hydrogen-bond donors (Lipinski definition) is 0. The zero-order valence-electron chi connectivity index (χ0n) is 22.0. The van der Waals surface area contributed by atoms with Crippen LogP contribution in [-0.2, 0) is 9.53 Å². The molecule has 3 aromatic rings. The Morgan fingerprint density at radius 1 is 1.16 bits per heavy atom. The Balaban J connectivity index is 1.88. The maximum Gasteiger partial charge on any atom is 0.338 e. The number of nitrogens with zero attached hydrogens (tertiary/aromatic N) is 2. The van der Waals surface area contributed by atoms with Gasteiger partial charge in [-0.2, -0.15) is 0 Å². The molecule has 0 N–H and O–H groups in total. The van der Waals surface area contributed by atoms with Gasteiger partial charge in [0.25, 0.3) is 5.56 Å². The van der Waals surface area contributed by atoms with Crippen molar-refractivity contribution in [3.8, 4) is 11.5 Å². The third kappa shape index (κ3) is 5.73. The van der Waals surface area contributed by atoms with E-state index in [4.69, 9.17) is 19.2 Å². The van der Waals surface area contributed by atoms with Gasteiger partial charge in [0.05, 0.1) is 45.7 Å². The fraction of sp³-hybridized carbons (Fsp3) is 0.345. The summed E-state index contributed by atoms with van der Waals surface area (Å²) in [5.41, 5.74) is 2.45. The van der Waals surface area contributed by atoms with E-state index < -0.39 is 12.0 Å². The van der Waals surface area contributed by atoms with Crippen LogP contribution in [0.2, 0.25) is 0 Å². The summed E-state index contributed by atoms with van der Waals surface area (Å²) in [5.74, 6) is 0.889. The highest BCUT2D eigenvalue weighted by atomic mass is 127. The first-order chi connectivity index (χ1) is 18.4. The van der Waals surface area contributed by atoms with Crippen LogP contribution in [0.1, 0.15) is 57.2 Å². The van der Waals surface area contributed by atoms with E-state index in [9.17, 15) is 9.59 Å². The molecule has 1 aliphatic rings. The van der Waals surface area contributed by atoms with E-state index in [1.807, 2.05) is 62.4 Å². The van der Waals surface area contributed by atoms with Crippen LogP contribution < -0.4 is 24.4 Å². The molecule has 2 heterocycles. The monoisotopic (exact) mass is 646 g/mol. The van der Waals surface area contributed by atoms with Gasteiger partial charge in [-0.3, -0.25) is 9.36 Å². The molecule has 0 radical (unpaired) electrons. The van der Waals surface area contributed by atoms with Crippen LogP contribution >= 0.6 is 33.9 Å².